The van der Waals surface area contributed by atoms with Crippen molar-refractivity contribution in [3.63, 3.8) is 0 Å². The molecule has 0 unspecified atom stereocenters. The summed E-state index contributed by atoms with van der Waals surface area (Å²) in [6.07, 6.45) is 1.89. The van der Waals surface area contributed by atoms with Crippen molar-refractivity contribution in [2.45, 2.75) is 58.3 Å². The number of benzene rings is 3. The van der Waals surface area contributed by atoms with Gasteiger partial charge in [0.25, 0.3) is 11.8 Å². The van der Waals surface area contributed by atoms with Gasteiger partial charge in [0, 0.05) is 49.6 Å². The van der Waals surface area contributed by atoms with Gasteiger partial charge in [0.05, 0.1) is 30.4 Å². The lowest BCUT2D eigenvalue weighted by Gasteiger charge is -2.36. The number of rotatable bonds is 7. The molecule has 10 nitrogen and oxygen atoms in total. The highest BCUT2D eigenvalue weighted by Gasteiger charge is 2.31. The van der Waals surface area contributed by atoms with Crippen LogP contribution in [0, 0.1) is 5.92 Å². The van der Waals surface area contributed by atoms with Gasteiger partial charge < -0.3 is 35.0 Å². The Hall–Kier alpha value is -4.41. The minimum atomic E-state index is -0.518. The summed E-state index contributed by atoms with van der Waals surface area (Å²) in [5, 5.41) is 15.8. The van der Waals surface area contributed by atoms with Gasteiger partial charge >= 0.3 is 6.03 Å². The van der Waals surface area contributed by atoms with Gasteiger partial charge in [-0.3, -0.25) is 9.59 Å². The monoisotopic (exact) mass is 630 g/mol. The zero-order valence-electron chi connectivity index (χ0n) is 27.1. The molecule has 0 aromatic heterocycles. The Morgan fingerprint density at radius 1 is 0.978 bits per heavy atom. The molecular formula is C36H46N4O6. The Kier molecular flexibility index (Phi) is 12.6. The van der Waals surface area contributed by atoms with Gasteiger partial charge in [0.15, 0.2) is 0 Å². The van der Waals surface area contributed by atoms with E-state index in [0.29, 0.717) is 35.8 Å². The molecule has 3 aromatic rings. The highest BCUT2D eigenvalue weighted by molar-refractivity contribution is 6.02. The third kappa shape index (κ3) is 9.55. The molecule has 3 aromatic carbocycles. The Morgan fingerprint density at radius 3 is 2.35 bits per heavy atom. The highest BCUT2D eigenvalue weighted by atomic mass is 16.5. The van der Waals surface area contributed by atoms with Gasteiger partial charge in [0.2, 0.25) is 0 Å². The number of aliphatic hydroxyl groups excluding tert-OH is 1. The fraction of sp³-hybridized carbons (Fsp3) is 0.417. The predicted molar refractivity (Wildman–Crippen MR) is 179 cm³/mol. The fourth-order valence-corrected chi connectivity index (χ4v) is 5.43. The van der Waals surface area contributed by atoms with E-state index in [9.17, 15) is 19.5 Å². The summed E-state index contributed by atoms with van der Waals surface area (Å²) in [7, 11) is 1.76. The van der Waals surface area contributed by atoms with Crippen molar-refractivity contribution in [3.8, 4) is 5.75 Å². The lowest BCUT2D eigenvalue weighted by Crippen LogP contribution is -2.48. The number of hydrogen-bond donors (Lipinski definition) is 3. The van der Waals surface area contributed by atoms with Crippen molar-refractivity contribution >= 4 is 29.2 Å². The number of likely N-dealkylation sites (N-methyl/N-ethyl adjacent to an activating group) is 1. The van der Waals surface area contributed by atoms with E-state index in [2.05, 4.69) is 10.6 Å². The Balaban J connectivity index is 1.60. The van der Waals surface area contributed by atoms with Crippen LogP contribution in [-0.2, 0) is 4.74 Å². The summed E-state index contributed by atoms with van der Waals surface area (Å²) < 4.78 is 12.7. The molecule has 46 heavy (non-hydrogen) atoms. The molecular weight excluding hydrogens is 584 g/mol. The first kappa shape index (κ1) is 34.5. The largest absolute Gasteiger partial charge is 0.490 e. The predicted octanol–water partition coefficient (Wildman–Crippen LogP) is 5.90. The van der Waals surface area contributed by atoms with Crippen LogP contribution in [0.4, 0.5) is 16.2 Å². The maximum absolute atomic E-state index is 14.3. The van der Waals surface area contributed by atoms with Crippen LogP contribution >= 0.6 is 0 Å². The molecule has 0 fully saturated rings. The van der Waals surface area contributed by atoms with Crippen molar-refractivity contribution in [2.75, 3.05) is 44.0 Å². The molecule has 0 radical (unpaired) electrons. The number of anilines is 2. The van der Waals surface area contributed by atoms with E-state index in [-0.39, 0.29) is 48.7 Å². The van der Waals surface area contributed by atoms with Crippen LogP contribution in [0.3, 0.4) is 0 Å². The van der Waals surface area contributed by atoms with Crippen LogP contribution in [0.1, 0.15) is 60.7 Å². The number of nitrogens with one attached hydrogen (secondary N) is 2. The SMILES string of the molecule is C[C@H]1CCCCO[C@H](CN(C)C(=O)c2ccccc2)[C@@H](C)CN([C@@H](C)CO)C(=O)c2cc(NC(=O)Nc3ccccc3)ccc2O1. The molecule has 1 aliphatic rings. The lowest BCUT2D eigenvalue weighted by molar-refractivity contribution is -0.0149. The van der Waals surface area contributed by atoms with Crippen LogP contribution in [0.5, 0.6) is 5.75 Å². The lowest BCUT2D eigenvalue weighted by atomic mass is 10.0. The van der Waals surface area contributed by atoms with E-state index in [0.717, 1.165) is 19.3 Å². The molecule has 1 aliphatic heterocycles. The number of para-hydroxylation sites is 1. The number of urea groups is 1. The Bertz CT molecular complexity index is 1440. The van der Waals surface area contributed by atoms with E-state index in [1.54, 1.807) is 66.2 Å². The summed E-state index contributed by atoms with van der Waals surface area (Å²) in [6, 6.07) is 22.2. The number of hydrogen-bond acceptors (Lipinski definition) is 6. The standard InChI is InChI=1S/C36H46N4O6/c1-25-22-40(26(2)24-41)35(43)31-21-30(38-36(44)37-29-16-9-6-10-17-29)18-19-32(31)46-27(3)13-11-12-20-45-33(25)23-39(4)34(42)28-14-7-5-8-15-28/h5-10,14-19,21,25-27,33,41H,11-13,20,22-24H2,1-4H3,(H2,37,38,44)/t25-,26-,27-,33+/m0/s1. The topological polar surface area (TPSA) is 120 Å². The van der Waals surface area contributed by atoms with E-state index in [4.69, 9.17) is 9.47 Å². The summed E-state index contributed by atoms with van der Waals surface area (Å²) in [4.78, 5) is 43.5. The molecule has 246 valence electrons. The zero-order valence-corrected chi connectivity index (χ0v) is 27.1. The maximum atomic E-state index is 14.3. The summed E-state index contributed by atoms with van der Waals surface area (Å²) in [5.74, 6) is -0.225. The van der Waals surface area contributed by atoms with E-state index in [1.165, 1.54) is 0 Å². The van der Waals surface area contributed by atoms with E-state index < -0.39 is 12.1 Å². The number of fused-ring (bicyclic) bond motifs is 1. The first-order chi connectivity index (χ1) is 22.2. The van der Waals surface area contributed by atoms with Crippen LogP contribution in [0.2, 0.25) is 0 Å². The minimum absolute atomic E-state index is 0.108. The highest BCUT2D eigenvalue weighted by Crippen LogP contribution is 2.29. The minimum Gasteiger partial charge on any atom is -0.490 e. The average Bonchev–Trinajstić information content (AvgIpc) is 3.06. The summed E-state index contributed by atoms with van der Waals surface area (Å²) in [5.41, 5.74) is 1.93. The van der Waals surface area contributed by atoms with Crippen molar-refractivity contribution in [3.05, 3.63) is 90.0 Å². The van der Waals surface area contributed by atoms with Gasteiger partial charge in [-0.25, -0.2) is 4.79 Å². The van der Waals surface area contributed by atoms with Gasteiger partial charge in [-0.1, -0.05) is 43.3 Å². The zero-order chi connectivity index (χ0) is 33.1. The molecule has 4 amide bonds. The fourth-order valence-electron chi connectivity index (χ4n) is 5.43. The maximum Gasteiger partial charge on any atom is 0.323 e. The number of nitrogens with zero attached hydrogens (tertiary/aromatic N) is 2. The Labute approximate surface area is 271 Å². The van der Waals surface area contributed by atoms with Crippen molar-refractivity contribution < 1.29 is 29.0 Å². The van der Waals surface area contributed by atoms with Gasteiger partial charge in [-0.15, -0.1) is 0 Å². The molecule has 1 heterocycles. The van der Waals surface area contributed by atoms with Crippen molar-refractivity contribution in [2.24, 2.45) is 5.92 Å². The van der Waals surface area contributed by atoms with Gasteiger partial charge in [-0.05, 0) is 75.6 Å². The third-order valence-electron chi connectivity index (χ3n) is 8.16. The van der Waals surface area contributed by atoms with E-state index >= 15 is 0 Å². The second-order valence-corrected chi connectivity index (χ2v) is 12.0. The molecule has 4 atom stereocenters. The van der Waals surface area contributed by atoms with Gasteiger partial charge in [0.1, 0.15) is 5.75 Å². The third-order valence-corrected chi connectivity index (χ3v) is 8.16. The number of amides is 4. The second-order valence-electron chi connectivity index (χ2n) is 12.0. The summed E-state index contributed by atoms with van der Waals surface area (Å²) >= 11 is 0. The molecule has 3 N–H and O–H groups in total. The van der Waals surface area contributed by atoms with Crippen LogP contribution in [0.15, 0.2) is 78.9 Å². The summed E-state index contributed by atoms with van der Waals surface area (Å²) in [6.45, 7) is 6.60. The van der Waals surface area contributed by atoms with Crippen molar-refractivity contribution in [1.82, 2.24) is 9.80 Å². The first-order valence-corrected chi connectivity index (χ1v) is 15.9. The number of carbonyl (C=O) groups excluding carboxylic acids is 3. The smallest absolute Gasteiger partial charge is 0.323 e. The molecule has 0 saturated heterocycles. The first-order valence-electron chi connectivity index (χ1n) is 15.9. The quantitative estimate of drug-likeness (QED) is 0.299. The van der Waals surface area contributed by atoms with Gasteiger partial charge in [-0.2, -0.15) is 0 Å². The van der Waals surface area contributed by atoms with E-state index in [1.807, 2.05) is 50.2 Å². The van der Waals surface area contributed by atoms with Crippen LogP contribution in [0.25, 0.3) is 0 Å². The van der Waals surface area contributed by atoms with Crippen LogP contribution < -0.4 is 15.4 Å². The molecule has 4 rings (SSSR count). The number of aliphatic hydroxyl groups is 1. The molecule has 0 aliphatic carbocycles. The molecule has 10 heteroatoms. The van der Waals surface area contributed by atoms with Crippen molar-refractivity contribution in [1.29, 1.82) is 0 Å². The van der Waals surface area contributed by atoms with Crippen LogP contribution in [-0.4, -0.2) is 84.4 Å². The number of carbonyl (C=O) groups is 3. The molecule has 0 spiro atoms. The average molecular weight is 631 g/mol. The Morgan fingerprint density at radius 2 is 1.65 bits per heavy atom. The number of ether oxygens (including phenoxy) is 2. The molecule has 0 bridgehead atoms. The second kappa shape index (κ2) is 16.8. The normalized spacial score (nSPS) is 20.0. The molecule has 0 saturated carbocycles.